The van der Waals surface area contributed by atoms with Crippen LogP contribution in [0.5, 0.6) is 0 Å². The van der Waals surface area contributed by atoms with E-state index in [0.29, 0.717) is 37.4 Å². The summed E-state index contributed by atoms with van der Waals surface area (Å²) in [5.41, 5.74) is 0.603. The van der Waals surface area contributed by atoms with Crippen molar-refractivity contribution in [2.75, 3.05) is 52.5 Å². The fourth-order valence-corrected chi connectivity index (χ4v) is 3.56. The molecule has 0 saturated carbocycles. The van der Waals surface area contributed by atoms with Gasteiger partial charge in [-0.25, -0.2) is 0 Å². The molecule has 164 valence electrons. The summed E-state index contributed by atoms with van der Waals surface area (Å²) in [5, 5.41) is 2.98. The van der Waals surface area contributed by atoms with Crippen LogP contribution in [0.25, 0.3) is 0 Å². The van der Waals surface area contributed by atoms with E-state index < -0.39 is 0 Å². The Bertz CT molecular complexity index is 638. The monoisotopic (exact) mass is 407 g/mol. The lowest BCUT2D eigenvalue weighted by molar-refractivity contribution is -0.121. The van der Waals surface area contributed by atoms with E-state index >= 15 is 0 Å². The smallest absolute Gasteiger partial charge is 0.257 e. The van der Waals surface area contributed by atoms with Crippen molar-refractivity contribution < 1.29 is 18.7 Å². The molecular formula is C22H37N3O4. The summed E-state index contributed by atoms with van der Waals surface area (Å²) >= 11 is 0. The van der Waals surface area contributed by atoms with E-state index in [2.05, 4.69) is 17.1 Å². The second-order valence-electron chi connectivity index (χ2n) is 7.73. The highest BCUT2D eigenvalue weighted by atomic mass is 16.5. The van der Waals surface area contributed by atoms with Gasteiger partial charge in [0.2, 0.25) is 5.91 Å². The van der Waals surface area contributed by atoms with Crippen LogP contribution in [0.15, 0.2) is 10.5 Å². The maximum absolute atomic E-state index is 13.0. The first-order chi connectivity index (χ1) is 14.0. The minimum atomic E-state index is -0.0445. The first-order valence-electron chi connectivity index (χ1n) is 10.9. The SMILES string of the molecule is CCCCCCN(CCC(=O)NCCN1CCOCC1)C(=O)c1cc(C)oc1C. The number of nitrogens with zero attached hydrogens (tertiary/aromatic N) is 2. The molecule has 0 spiro atoms. The Kier molecular flexibility index (Phi) is 10.2. The number of hydrogen-bond donors (Lipinski definition) is 1. The van der Waals surface area contributed by atoms with Crippen LogP contribution >= 0.6 is 0 Å². The number of carbonyl (C=O) groups is 2. The maximum Gasteiger partial charge on any atom is 0.257 e. The van der Waals surface area contributed by atoms with Crippen molar-refractivity contribution in [3.8, 4) is 0 Å². The van der Waals surface area contributed by atoms with Crippen molar-refractivity contribution in [2.24, 2.45) is 0 Å². The summed E-state index contributed by atoms with van der Waals surface area (Å²) in [6.45, 7) is 11.7. The Labute approximate surface area is 174 Å². The number of ether oxygens (including phenoxy) is 1. The van der Waals surface area contributed by atoms with Crippen LogP contribution in [0.3, 0.4) is 0 Å². The molecule has 2 heterocycles. The van der Waals surface area contributed by atoms with Crippen LogP contribution in [-0.4, -0.2) is 74.1 Å². The Balaban J connectivity index is 1.81. The van der Waals surface area contributed by atoms with Crippen molar-refractivity contribution >= 4 is 11.8 Å². The minimum Gasteiger partial charge on any atom is -0.466 e. The van der Waals surface area contributed by atoms with Gasteiger partial charge in [-0.2, -0.15) is 0 Å². The lowest BCUT2D eigenvalue weighted by atomic mass is 10.1. The number of amides is 2. The van der Waals surface area contributed by atoms with E-state index in [1.165, 1.54) is 0 Å². The number of nitrogens with one attached hydrogen (secondary N) is 1. The van der Waals surface area contributed by atoms with Crippen LogP contribution in [0.2, 0.25) is 0 Å². The quantitative estimate of drug-likeness (QED) is 0.539. The zero-order valence-electron chi connectivity index (χ0n) is 18.3. The van der Waals surface area contributed by atoms with Crippen LogP contribution in [0, 0.1) is 13.8 Å². The van der Waals surface area contributed by atoms with Gasteiger partial charge in [-0.05, 0) is 26.3 Å². The lowest BCUT2D eigenvalue weighted by Gasteiger charge is -2.26. The number of furan rings is 1. The third kappa shape index (κ3) is 8.19. The van der Waals surface area contributed by atoms with Gasteiger partial charge in [-0.15, -0.1) is 0 Å². The zero-order chi connectivity index (χ0) is 21.1. The molecule has 0 unspecified atom stereocenters. The predicted octanol–water partition coefficient (Wildman–Crippen LogP) is 2.76. The number of morpholine rings is 1. The summed E-state index contributed by atoms with van der Waals surface area (Å²) in [7, 11) is 0. The average Bonchev–Trinajstić information content (AvgIpc) is 3.05. The zero-order valence-corrected chi connectivity index (χ0v) is 18.3. The van der Waals surface area contributed by atoms with Gasteiger partial charge in [-0.3, -0.25) is 14.5 Å². The highest BCUT2D eigenvalue weighted by Gasteiger charge is 2.21. The van der Waals surface area contributed by atoms with Gasteiger partial charge in [-0.1, -0.05) is 26.2 Å². The van der Waals surface area contributed by atoms with Crippen LogP contribution < -0.4 is 5.32 Å². The molecule has 1 aliphatic heterocycles. The van der Waals surface area contributed by atoms with E-state index in [0.717, 1.165) is 64.3 Å². The molecule has 2 rings (SSSR count). The van der Waals surface area contributed by atoms with E-state index in [1.807, 2.05) is 13.8 Å². The van der Waals surface area contributed by atoms with Crippen LogP contribution in [-0.2, 0) is 9.53 Å². The second-order valence-corrected chi connectivity index (χ2v) is 7.73. The molecule has 1 fully saturated rings. The predicted molar refractivity (Wildman–Crippen MR) is 113 cm³/mol. The third-order valence-electron chi connectivity index (χ3n) is 5.30. The third-order valence-corrected chi connectivity index (χ3v) is 5.30. The maximum atomic E-state index is 13.0. The Morgan fingerprint density at radius 2 is 1.90 bits per heavy atom. The van der Waals surface area contributed by atoms with Gasteiger partial charge in [0.1, 0.15) is 11.5 Å². The number of aryl methyl sites for hydroxylation is 2. The largest absolute Gasteiger partial charge is 0.466 e. The molecule has 1 saturated heterocycles. The Morgan fingerprint density at radius 1 is 1.14 bits per heavy atom. The van der Waals surface area contributed by atoms with Crippen molar-refractivity contribution in [1.82, 2.24) is 15.1 Å². The highest BCUT2D eigenvalue weighted by molar-refractivity contribution is 5.95. The molecule has 7 heteroatoms. The minimum absolute atomic E-state index is 0.00952. The number of hydrogen-bond acceptors (Lipinski definition) is 5. The molecule has 1 N–H and O–H groups in total. The molecule has 1 aliphatic rings. The molecular weight excluding hydrogens is 370 g/mol. The molecule has 7 nitrogen and oxygen atoms in total. The van der Waals surface area contributed by atoms with E-state index in [1.54, 1.807) is 11.0 Å². The van der Waals surface area contributed by atoms with E-state index in [4.69, 9.17) is 9.15 Å². The topological polar surface area (TPSA) is 75.0 Å². The van der Waals surface area contributed by atoms with Crippen LogP contribution in [0.1, 0.15) is 60.9 Å². The molecule has 0 aliphatic carbocycles. The second kappa shape index (κ2) is 12.6. The van der Waals surface area contributed by atoms with Gasteiger partial charge >= 0.3 is 0 Å². The molecule has 1 aromatic rings. The fourth-order valence-electron chi connectivity index (χ4n) is 3.56. The lowest BCUT2D eigenvalue weighted by Crippen LogP contribution is -2.42. The Morgan fingerprint density at radius 3 is 2.55 bits per heavy atom. The first kappa shape index (κ1) is 23.4. The molecule has 0 radical (unpaired) electrons. The highest BCUT2D eigenvalue weighted by Crippen LogP contribution is 2.17. The molecule has 29 heavy (non-hydrogen) atoms. The van der Waals surface area contributed by atoms with Crippen molar-refractivity contribution in [2.45, 2.75) is 52.9 Å². The molecule has 0 atom stereocenters. The van der Waals surface area contributed by atoms with Gasteiger partial charge in [0.25, 0.3) is 5.91 Å². The van der Waals surface area contributed by atoms with Crippen molar-refractivity contribution in [1.29, 1.82) is 0 Å². The average molecular weight is 408 g/mol. The summed E-state index contributed by atoms with van der Waals surface area (Å²) in [5.74, 6) is 1.32. The normalized spacial score (nSPS) is 14.7. The molecule has 2 amide bonds. The first-order valence-corrected chi connectivity index (χ1v) is 10.9. The van der Waals surface area contributed by atoms with Crippen LogP contribution in [0.4, 0.5) is 0 Å². The summed E-state index contributed by atoms with van der Waals surface area (Å²) < 4.78 is 10.9. The molecule has 0 bridgehead atoms. The Hall–Kier alpha value is -1.86. The fraction of sp³-hybridized carbons (Fsp3) is 0.727. The van der Waals surface area contributed by atoms with Crippen molar-refractivity contribution in [3.05, 3.63) is 23.2 Å². The van der Waals surface area contributed by atoms with Gasteiger partial charge in [0, 0.05) is 45.7 Å². The van der Waals surface area contributed by atoms with E-state index in [-0.39, 0.29) is 11.8 Å². The summed E-state index contributed by atoms with van der Waals surface area (Å²) in [4.78, 5) is 29.4. The van der Waals surface area contributed by atoms with Gasteiger partial charge < -0.3 is 19.4 Å². The van der Waals surface area contributed by atoms with E-state index in [9.17, 15) is 9.59 Å². The number of carbonyl (C=O) groups excluding carboxylic acids is 2. The summed E-state index contributed by atoms with van der Waals surface area (Å²) in [6.07, 6.45) is 4.68. The molecule has 1 aromatic heterocycles. The van der Waals surface area contributed by atoms with Gasteiger partial charge in [0.05, 0.1) is 18.8 Å². The summed E-state index contributed by atoms with van der Waals surface area (Å²) in [6, 6.07) is 1.79. The van der Waals surface area contributed by atoms with Crippen molar-refractivity contribution in [3.63, 3.8) is 0 Å². The van der Waals surface area contributed by atoms with Gasteiger partial charge in [0.15, 0.2) is 0 Å². The number of unbranched alkanes of at least 4 members (excludes halogenated alkanes) is 3. The molecule has 0 aromatic carbocycles. The standard InChI is InChI=1S/C22H37N3O4/c1-4-5-6-7-10-25(22(27)20-17-18(2)29-19(20)3)11-8-21(26)23-9-12-24-13-15-28-16-14-24/h17H,4-16H2,1-3H3,(H,23,26). The number of rotatable bonds is 12.